The van der Waals surface area contributed by atoms with Crippen molar-refractivity contribution in [1.82, 2.24) is 10.9 Å². The third-order valence-electron chi connectivity index (χ3n) is 1.33. The van der Waals surface area contributed by atoms with Crippen molar-refractivity contribution in [2.24, 2.45) is 10.9 Å². The SMILES string of the molecule is C=N/C=C/C(C)CNNC(C)C. The van der Waals surface area contributed by atoms with Gasteiger partial charge in [-0.1, -0.05) is 13.0 Å². The summed E-state index contributed by atoms with van der Waals surface area (Å²) in [6.45, 7) is 10.6. The lowest BCUT2D eigenvalue weighted by Crippen LogP contribution is -2.39. The van der Waals surface area contributed by atoms with E-state index >= 15 is 0 Å². The third kappa shape index (κ3) is 7.44. The van der Waals surface area contributed by atoms with Crippen LogP contribution in [0.25, 0.3) is 0 Å². The Morgan fingerprint density at radius 1 is 1.42 bits per heavy atom. The molecule has 3 heteroatoms. The molecular formula is C9H19N3. The fourth-order valence-electron chi connectivity index (χ4n) is 0.700. The molecule has 0 bridgehead atoms. The zero-order valence-corrected chi connectivity index (χ0v) is 8.17. The van der Waals surface area contributed by atoms with Crippen molar-refractivity contribution in [2.45, 2.75) is 26.8 Å². The second kappa shape index (κ2) is 7.00. The maximum Gasteiger partial charge on any atom is 0.0223 e. The third-order valence-corrected chi connectivity index (χ3v) is 1.33. The van der Waals surface area contributed by atoms with Gasteiger partial charge in [-0.2, -0.15) is 0 Å². The van der Waals surface area contributed by atoms with Crippen molar-refractivity contribution in [3.63, 3.8) is 0 Å². The molecule has 0 aliphatic carbocycles. The summed E-state index contributed by atoms with van der Waals surface area (Å²) < 4.78 is 0. The molecule has 0 radical (unpaired) electrons. The Balaban J connectivity index is 3.37. The van der Waals surface area contributed by atoms with Crippen LogP contribution >= 0.6 is 0 Å². The minimum absolute atomic E-state index is 0.471. The van der Waals surface area contributed by atoms with E-state index in [9.17, 15) is 0 Å². The topological polar surface area (TPSA) is 36.4 Å². The summed E-state index contributed by atoms with van der Waals surface area (Å²) in [5.74, 6) is 0.474. The molecule has 0 rings (SSSR count). The number of hydrogen-bond acceptors (Lipinski definition) is 3. The number of hydrazine groups is 1. The average molecular weight is 169 g/mol. The molecule has 0 heterocycles. The second-order valence-corrected chi connectivity index (χ2v) is 3.18. The van der Waals surface area contributed by atoms with E-state index in [1.165, 1.54) is 0 Å². The van der Waals surface area contributed by atoms with E-state index in [4.69, 9.17) is 0 Å². The first kappa shape index (κ1) is 11.3. The highest BCUT2D eigenvalue weighted by atomic mass is 15.4. The summed E-state index contributed by atoms with van der Waals surface area (Å²) in [5, 5.41) is 0. The molecule has 12 heavy (non-hydrogen) atoms. The summed E-state index contributed by atoms with van der Waals surface area (Å²) in [4.78, 5) is 3.64. The number of nitrogens with zero attached hydrogens (tertiary/aromatic N) is 1. The predicted molar refractivity (Wildman–Crippen MR) is 54.1 cm³/mol. The molecular weight excluding hydrogens is 150 g/mol. The number of nitrogens with one attached hydrogen (secondary N) is 2. The van der Waals surface area contributed by atoms with Gasteiger partial charge in [0.25, 0.3) is 0 Å². The second-order valence-electron chi connectivity index (χ2n) is 3.18. The average Bonchev–Trinajstić information content (AvgIpc) is 2.00. The normalized spacial score (nSPS) is 14.0. The largest absolute Gasteiger partial charge is 0.273 e. The Hall–Kier alpha value is -0.670. The van der Waals surface area contributed by atoms with E-state index in [0.717, 1.165) is 6.54 Å². The van der Waals surface area contributed by atoms with Gasteiger partial charge in [-0.3, -0.25) is 15.8 Å². The van der Waals surface area contributed by atoms with Crippen LogP contribution in [-0.2, 0) is 0 Å². The quantitative estimate of drug-likeness (QED) is 0.465. The predicted octanol–water partition coefficient (Wildman–Crippen LogP) is 1.34. The molecule has 0 saturated carbocycles. The van der Waals surface area contributed by atoms with Gasteiger partial charge in [0.15, 0.2) is 0 Å². The Morgan fingerprint density at radius 3 is 2.58 bits per heavy atom. The minimum Gasteiger partial charge on any atom is -0.273 e. The Labute approximate surface area is 74.9 Å². The first-order valence-electron chi connectivity index (χ1n) is 4.27. The zero-order valence-electron chi connectivity index (χ0n) is 8.17. The van der Waals surface area contributed by atoms with E-state index in [1.54, 1.807) is 6.20 Å². The van der Waals surface area contributed by atoms with Gasteiger partial charge in [0.2, 0.25) is 0 Å². The maximum atomic E-state index is 3.64. The van der Waals surface area contributed by atoms with Gasteiger partial charge >= 0.3 is 0 Å². The zero-order chi connectivity index (χ0) is 9.40. The van der Waals surface area contributed by atoms with E-state index in [1.807, 2.05) is 6.08 Å². The van der Waals surface area contributed by atoms with Gasteiger partial charge in [-0.25, -0.2) is 0 Å². The van der Waals surface area contributed by atoms with Crippen LogP contribution in [0, 0.1) is 5.92 Å². The number of aliphatic imine (C=N–C) groups is 1. The summed E-state index contributed by atoms with van der Waals surface area (Å²) in [7, 11) is 0. The monoisotopic (exact) mass is 169 g/mol. The van der Waals surface area contributed by atoms with Gasteiger partial charge < -0.3 is 0 Å². The highest BCUT2D eigenvalue weighted by Crippen LogP contribution is 1.93. The lowest BCUT2D eigenvalue weighted by atomic mass is 10.2. The molecule has 0 aliphatic rings. The standard InChI is InChI=1S/C9H19N3/c1-8(2)12-11-7-9(3)5-6-10-4/h5-6,8-9,11-12H,4,7H2,1-3H3/b6-5+. The summed E-state index contributed by atoms with van der Waals surface area (Å²) in [6, 6.07) is 0.471. The van der Waals surface area contributed by atoms with Gasteiger partial charge in [-0.15, -0.1) is 0 Å². The molecule has 70 valence electrons. The molecule has 0 amide bonds. The summed E-state index contributed by atoms with van der Waals surface area (Å²) in [6.07, 6.45) is 3.74. The van der Waals surface area contributed by atoms with Crippen LogP contribution in [0.3, 0.4) is 0 Å². The van der Waals surface area contributed by atoms with Gasteiger partial charge in [0.05, 0.1) is 0 Å². The Kier molecular flexibility index (Phi) is 6.61. The minimum atomic E-state index is 0.471. The van der Waals surface area contributed by atoms with E-state index in [2.05, 4.69) is 43.3 Å². The lowest BCUT2D eigenvalue weighted by molar-refractivity contribution is 0.446. The van der Waals surface area contributed by atoms with Crippen molar-refractivity contribution in [3.05, 3.63) is 12.3 Å². The number of hydrogen-bond donors (Lipinski definition) is 2. The van der Waals surface area contributed by atoms with Crippen LogP contribution in [0.5, 0.6) is 0 Å². The van der Waals surface area contributed by atoms with Gasteiger partial charge in [0.1, 0.15) is 0 Å². The smallest absolute Gasteiger partial charge is 0.0223 e. The molecule has 0 aromatic carbocycles. The highest BCUT2D eigenvalue weighted by Gasteiger charge is 1.95. The molecule has 0 aromatic heterocycles. The Morgan fingerprint density at radius 2 is 2.08 bits per heavy atom. The Bertz CT molecular complexity index is 141. The molecule has 0 spiro atoms. The van der Waals surface area contributed by atoms with Crippen LogP contribution in [-0.4, -0.2) is 19.3 Å². The van der Waals surface area contributed by atoms with Crippen LogP contribution in [0.2, 0.25) is 0 Å². The van der Waals surface area contributed by atoms with Crippen LogP contribution in [0.1, 0.15) is 20.8 Å². The van der Waals surface area contributed by atoms with Gasteiger partial charge in [-0.05, 0) is 26.5 Å². The first-order chi connectivity index (χ1) is 5.66. The molecule has 0 saturated heterocycles. The van der Waals surface area contributed by atoms with Crippen molar-refractivity contribution >= 4 is 6.72 Å². The molecule has 3 nitrogen and oxygen atoms in total. The van der Waals surface area contributed by atoms with E-state index < -0.39 is 0 Å². The summed E-state index contributed by atoms with van der Waals surface area (Å²) >= 11 is 0. The number of rotatable bonds is 6. The molecule has 0 aromatic rings. The molecule has 1 atom stereocenters. The molecule has 0 fully saturated rings. The highest BCUT2D eigenvalue weighted by molar-refractivity contribution is 5.25. The van der Waals surface area contributed by atoms with Crippen LogP contribution in [0.4, 0.5) is 0 Å². The van der Waals surface area contributed by atoms with Crippen molar-refractivity contribution < 1.29 is 0 Å². The lowest BCUT2D eigenvalue weighted by Gasteiger charge is -2.11. The maximum absolute atomic E-state index is 3.64. The van der Waals surface area contributed by atoms with Crippen LogP contribution in [0.15, 0.2) is 17.3 Å². The fraction of sp³-hybridized carbons (Fsp3) is 0.667. The van der Waals surface area contributed by atoms with Gasteiger partial charge in [0, 0.05) is 18.8 Å². The van der Waals surface area contributed by atoms with Crippen LogP contribution < -0.4 is 10.9 Å². The fourth-order valence-corrected chi connectivity index (χ4v) is 0.700. The first-order valence-corrected chi connectivity index (χ1v) is 4.27. The van der Waals surface area contributed by atoms with Crippen molar-refractivity contribution in [3.8, 4) is 0 Å². The van der Waals surface area contributed by atoms with Crippen molar-refractivity contribution in [1.29, 1.82) is 0 Å². The van der Waals surface area contributed by atoms with E-state index in [0.29, 0.717) is 12.0 Å². The van der Waals surface area contributed by atoms with E-state index in [-0.39, 0.29) is 0 Å². The van der Waals surface area contributed by atoms with Crippen molar-refractivity contribution in [2.75, 3.05) is 6.54 Å². The molecule has 1 unspecified atom stereocenters. The summed E-state index contributed by atoms with van der Waals surface area (Å²) in [5.41, 5.74) is 6.25. The molecule has 0 aliphatic heterocycles. The molecule has 2 N–H and O–H groups in total.